The van der Waals surface area contributed by atoms with E-state index in [9.17, 15) is 4.79 Å². The Kier molecular flexibility index (Phi) is 4.55. The number of ether oxygens (including phenoxy) is 2. The summed E-state index contributed by atoms with van der Waals surface area (Å²) in [5.41, 5.74) is 0. The lowest BCUT2D eigenvalue weighted by Crippen LogP contribution is -2.53. The van der Waals surface area contributed by atoms with Crippen molar-refractivity contribution < 1.29 is 14.3 Å². The number of amides is 1. The summed E-state index contributed by atoms with van der Waals surface area (Å²) in [6, 6.07) is 0.326. The van der Waals surface area contributed by atoms with Crippen molar-refractivity contribution in [3.05, 3.63) is 0 Å². The molecule has 3 unspecified atom stereocenters. The van der Waals surface area contributed by atoms with Crippen molar-refractivity contribution in [1.82, 2.24) is 15.1 Å². The molecule has 3 atom stereocenters. The largest absolute Gasteiger partial charge is 0.379 e. The molecule has 3 heterocycles. The maximum atomic E-state index is 12.5. The van der Waals surface area contributed by atoms with Gasteiger partial charge >= 0.3 is 0 Å². The second kappa shape index (κ2) is 6.39. The van der Waals surface area contributed by atoms with Gasteiger partial charge in [-0.25, -0.2) is 0 Å². The van der Waals surface area contributed by atoms with Crippen molar-refractivity contribution >= 4 is 5.91 Å². The lowest BCUT2D eigenvalue weighted by Gasteiger charge is -2.34. The van der Waals surface area contributed by atoms with Crippen LogP contribution in [0.5, 0.6) is 0 Å². The Bertz CT molecular complexity index is 341. The van der Waals surface area contributed by atoms with Crippen molar-refractivity contribution in [2.24, 2.45) is 5.92 Å². The average Bonchev–Trinajstić information content (AvgIpc) is 2.90. The summed E-state index contributed by atoms with van der Waals surface area (Å²) in [4.78, 5) is 17.0. The molecule has 3 aliphatic heterocycles. The van der Waals surface area contributed by atoms with Crippen molar-refractivity contribution in [2.45, 2.75) is 19.0 Å². The van der Waals surface area contributed by atoms with Crippen molar-refractivity contribution in [1.29, 1.82) is 0 Å². The second-order valence-corrected chi connectivity index (χ2v) is 6.02. The minimum Gasteiger partial charge on any atom is -0.379 e. The molecule has 0 saturated carbocycles. The Hall–Kier alpha value is -0.690. The summed E-state index contributed by atoms with van der Waals surface area (Å²) in [5.74, 6) is 0.730. The molecule has 0 aromatic heterocycles. The Morgan fingerprint density at radius 2 is 1.95 bits per heavy atom. The lowest BCUT2D eigenvalue weighted by molar-refractivity contribution is -0.135. The van der Waals surface area contributed by atoms with Crippen LogP contribution in [-0.2, 0) is 14.3 Å². The zero-order valence-corrected chi connectivity index (χ0v) is 12.2. The van der Waals surface area contributed by atoms with Gasteiger partial charge in [-0.1, -0.05) is 6.92 Å². The minimum atomic E-state index is -0.153. The third-order valence-corrected chi connectivity index (χ3v) is 4.62. The summed E-state index contributed by atoms with van der Waals surface area (Å²) in [7, 11) is 0. The van der Waals surface area contributed by atoms with Crippen LogP contribution in [0.15, 0.2) is 0 Å². The Morgan fingerprint density at radius 1 is 1.15 bits per heavy atom. The molecule has 0 bridgehead atoms. The average molecular weight is 283 g/mol. The van der Waals surface area contributed by atoms with E-state index in [1.54, 1.807) is 0 Å². The summed E-state index contributed by atoms with van der Waals surface area (Å²) in [6.45, 7) is 9.54. The molecular formula is C14H25N3O3. The number of nitrogens with one attached hydrogen (secondary N) is 1. The number of hydrogen-bond donors (Lipinski definition) is 1. The van der Waals surface area contributed by atoms with Crippen LogP contribution in [0.25, 0.3) is 0 Å². The topological polar surface area (TPSA) is 54.0 Å². The Balaban J connectivity index is 1.57. The van der Waals surface area contributed by atoms with E-state index in [0.29, 0.717) is 25.2 Å². The van der Waals surface area contributed by atoms with Crippen LogP contribution in [0.2, 0.25) is 0 Å². The van der Waals surface area contributed by atoms with E-state index >= 15 is 0 Å². The van der Waals surface area contributed by atoms with Gasteiger partial charge in [0.15, 0.2) is 0 Å². The summed E-state index contributed by atoms with van der Waals surface area (Å²) >= 11 is 0. The molecule has 0 aromatic carbocycles. The van der Waals surface area contributed by atoms with Gasteiger partial charge in [-0.15, -0.1) is 0 Å². The molecule has 114 valence electrons. The van der Waals surface area contributed by atoms with Crippen LogP contribution in [-0.4, -0.2) is 86.9 Å². The van der Waals surface area contributed by atoms with Crippen LogP contribution < -0.4 is 5.32 Å². The van der Waals surface area contributed by atoms with Gasteiger partial charge in [-0.05, 0) is 5.92 Å². The van der Waals surface area contributed by atoms with Crippen molar-refractivity contribution in [3.8, 4) is 0 Å². The molecule has 0 radical (unpaired) electrons. The van der Waals surface area contributed by atoms with Crippen LogP contribution in [0.1, 0.15) is 6.92 Å². The number of nitrogens with zero attached hydrogens (tertiary/aromatic N) is 2. The zero-order chi connectivity index (χ0) is 13.9. The molecule has 3 aliphatic rings. The van der Waals surface area contributed by atoms with Crippen LogP contribution in [0.3, 0.4) is 0 Å². The first kappa shape index (κ1) is 14.3. The molecule has 6 nitrogen and oxygen atoms in total. The fourth-order valence-electron chi connectivity index (χ4n) is 3.46. The molecule has 0 spiro atoms. The fraction of sp³-hybridized carbons (Fsp3) is 0.929. The SMILES string of the molecule is CC1CN(C(=O)C2COCCN2)CC1N1CCOCC1. The monoisotopic (exact) mass is 283 g/mol. The van der Waals surface area contributed by atoms with Gasteiger partial charge < -0.3 is 19.7 Å². The highest BCUT2D eigenvalue weighted by Crippen LogP contribution is 2.23. The maximum absolute atomic E-state index is 12.5. The highest BCUT2D eigenvalue weighted by Gasteiger charge is 2.38. The molecular weight excluding hydrogens is 258 g/mol. The van der Waals surface area contributed by atoms with E-state index in [1.165, 1.54) is 0 Å². The normalized spacial score (nSPS) is 36.2. The third-order valence-electron chi connectivity index (χ3n) is 4.62. The van der Waals surface area contributed by atoms with Gasteiger partial charge in [0.1, 0.15) is 6.04 Å². The van der Waals surface area contributed by atoms with Gasteiger partial charge in [0.05, 0.1) is 26.4 Å². The van der Waals surface area contributed by atoms with Gasteiger partial charge in [-0.2, -0.15) is 0 Å². The lowest BCUT2D eigenvalue weighted by atomic mass is 10.0. The first-order chi connectivity index (χ1) is 9.75. The van der Waals surface area contributed by atoms with Crippen LogP contribution >= 0.6 is 0 Å². The molecule has 1 N–H and O–H groups in total. The first-order valence-corrected chi connectivity index (χ1v) is 7.67. The van der Waals surface area contributed by atoms with E-state index < -0.39 is 0 Å². The standard InChI is InChI=1S/C14H25N3O3/c1-11-8-17(14(18)12-10-20-5-2-15-12)9-13(11)16-3-6-19-7-4-16/h11-13,15H,2-10H2,1H3. The molecule has 0 aliphatic carbocycles. The zero-order valence-electron chi connectivity index (χ0n) is 12.2. The van der Waals surface area contributed by atoms with Crippen molar-refractivity contribution in [3.63, 3.8) is 0 Å². The maximum Gasteiger partial charge on any atom is 0.242 e. The van der Waals surface area contributed by atoms with Gasteiger partial charge in [0.25, 0.3) is 0 Å². The number of hydrogen-bond acceptors (Lipinski definition) is 5. The smallest absolute Gasteiger partial charge is 0.242 e. The predicted molar refractivity (Wildman–Crippen MR) is 74.5 cm³/mol. The Labute approximate surface area is 120 Å². The van der Waals surface area contributed by atoms with Gasteiger partial charge in [-0.3, -0.25) is 9.69 Å². The van der Waals surface area contributed by atoms with E-state index in [0.717, 1.165) is 45.9 Å². The van der Waals surface area contributed by atoms with Gasteiger partial charge in [0, 0.05) is 38.8 Å². The highest BCUT2D eigenvalue weighted by molar-refractivity contribution is 5.82. The number of rotatable bonds is 2. The van der Waals surface area contributed by atoms with E-state index in [1.807, 2.05) is 4.90 Å². The molecule has 1 amide bonds. The minimum absolute atomic E-state index is 0.153. The van der Waals surface area contributed by atoms with E-state index in [4.69, 9.17) is 9.47 Å². The quantitative estimate of drug-likeness (QED) is 0.716. The van der Waals surface area contributed by atoms with Crippen molar-refractivity contribution in [2.75, 3.05) is 59.2 Å². The summed E-state index contributed by atoms with van der Waals surface area (Å²) in [5, 5.41) is 3.26. The molecule has 20 heavy (non-hydrogen) atoms. The van der Waals surface area contributed by atoms with Crippen LogP contribution in [0, 0.1) is 5.92 Å². The first-order valence-electron chi connectivity index (χ1n) is 7.67. The fourth-order valence-corrected chi connectivity index (χ4v) is 3.46. The number of carbonyl (C=O) groups is 1. The third kappa shape index (κ3) is 2.98. The Morgan fingerprint density at radius 3 is 2.65 bits per heavy atom. The van der Waals surface area contributed by atoms with E-state index in [-0.39, 0.29) is 11.9 Å². The molecule has 3 rings (SSSR count). The highest BCUT2D eigenvalue weighted by atomic mass is 16.5. The van der Waals surface area contributed by atoms with Gasteiger partial charge in [0.2, 0.25) is 5.91 Å². The molecule has 3 fully saturated rings. The number of carbonyl (C=O) groups excluding carboxylic acids is 1. The summed E-state index contributed by atoms with van der Waals surface area (Å²) < 4.78 is 10.8. The second-order valence-electron chi connectivity index (χ2n) is 6.02. The molecule has 6 heteroatoms. The molecule has 3 saturated heterocycles. The summed E-state index contributed by atoms with van der Waals surface area (Å²) in [6.07, 6.45) is 0. The number of likely N-dealkylation sites (tertiary alicyclic amines) is 1. The number of morpholine rings is 2. The van der Waals surface area contributed by atoms with E-state index in [2.05, 4.69) is 17.1 Å². The molecule has 0 aromatic rings. The predicted octanol–water partition coefficient (Wildman–Crippen LogP) is -0.846. The van der Waals surface area contributed by atoms with Crippen LogP contribution in [0.4, 0.5) is 0 Å².